The number of nitrogens with zero attached hydrogens (tertiary/aromatic N) is 2. The zero-order valence-corrected chi connectivity index (χ0v) is 15.5. The van der Waals surface area contributed by atoms with Crippen LogP contribution in [-0.4, -0.2) is 41.5 Å². The van der Waals surface area contributed by atoms with E-state index < -0.39 is 29.8 Å². The summed E-state index contributed by atoms with van der Waals surface area (Å²) in [6.45, 7) is 0.282. The van der Waals surface area contributed by atoms with Gasteiger partial charge in [-0.1, -0.05) is 23.7 Å². The molecule has 3 rings (SSSR count). The molecule has 29 heavy (non-hydrogen) atoms. The first-order valence-corrected chi connectivity index (χ1v) is 8.84. The first-order valence-electron chi connectivity index (χ1n) is 8.46. The molecule has 0 bridgehead atoms. The van der Waals surface area contributed by atoms with E-state index >= 15 is 0 Å². The van der Waals surface area contributed by atoms with Crippen LogP contribution in [-0.2, 0) is 11.0 Å². The average Bonchev–Trinajstić information content (AvgIpc) is 2.67. The Morgan fingerprint density at radius 1 is 1.28 bits per heavy atom. The SMILES string of the molecule is O=C1CN(C(=O)N[C@@H](c2ccc(F)c(Cl)c2)c2cccc(C(F)(F)F)n2)CCN1. The third-order valence-corrected chi connectivity index (χ3v) is 4.52. The van der Waals surface area contributed by atoms with Gasteiger partial charge in [0.15, 0.2) is 0 Å². The van der Waals surface area contributed by atoms with Gasteiger partial charge in [0.25, 0.3) is 0 Å². The van der Waals surface area contributed by atoms with E-state index in [1.54, 1.807) is 0 Å². The maximum absolute atomic E-state index is 13.5. The summed E-state index contributed by atoms with van der Waals surface area (Å²) in [4.78, 5) is 28.9. The third kappa shape index (κ3) is 4.94. The molecule has 0 unspecified atom stereocenters. The fourth-order valence-electron chi connectivity index (χ4n) is 2.82. The summed E-state index contributed by atoms with van der Waals surface area (Å²) < 4.78 is 52.8. The third-order valence-electron chi connectivity index (χ3n) is 4.23. The summed E-state index contributed by atoms with van der Waals surface area (Å²) in [6, 6.07) is 4.97. The Kier molecular flexibility index (Phi) is 5.92. The van der Waals surface area contributed by atoms with E-state index in [4.69, 9.17) is 11.6 Å². The van der Waals surface area contributed by atoms with Gasteiger partial charge in [-0.2, -0.15) is 13.2 Å². The molecule has 2 heterocycles. The topological polar surface area (TPSA) is 74.3 Å². The first-order chi connectivity index (χ1) is 13.6. The minimum absolute atomic E-state index is 0.114. The summed E-state index contributed by atoms with van der Waals surface area (Å²) >= 11 is 5.80. The highest BCUT2D eigenvalue weighted by Crippen LogP contribution is 2.30. The van der Waals surface area contributed by atoms with E-state index in [0.29, 0.717) is 0 Å². The van der Waals surface area contributed by atoms with Gasteiger partial charge in [0, 0.05) is 13.1 Å². The minimum atomic E-state index is -4.68. The minimum Gasteiger partial charge on any atom is -0.353 e. The van der Waals surface area contributed by atoms with E-state index in [2.05, 4.69) is 15.6 Å². The number of urea groups is 1. The largest absolute Gasteiger partial charge is 0.433 e. The van der Waals surface area contributed by atoms with Crippen LogP contribution in [0.5, 0.6) is 0 Å². The summed E-state index contributed by atoms with van der Waals surface area (Å²) in [7, 11) is 0. The maximum atomic E-state index is 13.5. The quantitative estimate of drug-likeness (QED) is 0.735. The molecule has 3 amide bonds. The van der Waals surface area contributed by atoms with Crippen molar-refractivity contribution in [2.24, 2.45) is 0 Å². The highest BCUT2D eigenvalue weighted by atomic mass is 35.5. The molecule has 2 N–H and O–H groups in total. The molecule has 0 saturated carbocycles. The predicted molar refractivity (Wildman–Crippen MR) is 95.6 cm³/mol. The number of halogens is 5. The van der Waals surface area contributed by atoms with Gasteiger partial charge < -0.3 is 15.5 Å². The van der Waals surface area contributed by atoms with Crippen LogP contribution < -0.4 is 10.6 Å². The number of rotatable bonds is 3. The fourth-order valence-corrected chi connectivity index (χ4v) is 3.01. The van der Waals surface area contributed by atoms with E-state index in [9.17, 15) is 27.2 Å². The van der Waals surface area contributed by atoms with Crippen molar-refractivity contribution >= 4 is 23.5 Å². The second-order valence-corrected chi connectivity index (χ2v) is 6.68. The fraction of sp³-hybridized carbons (Fsp3) is 0.278. The first kappa shape index (κ1) is 20.8. The number of benzene rings is 1. The van der Waals surface area contributed by atoms with Crippen molar-refractivity contribution in [3.8, 4) is 0 Å². The number of piperazine rings is 1. The van der Waals surface area contributed by atoms with Crippen molar-refractivity contribution in [1.29, 1.82) is 0 Å². The van der Waals surface area contributed by atoms with Gasteiger partial charge in [-0.05, 0) is 29.8 Å². The van der Waals surface area contributed by atoms with E-state index in [1.807, 2.05) is 0 Å². The van der Waals surface area contributed by atoms with E-state index in [0.717, 1.165) is 18.2 Å². The number of hydrogen-bond donors (Lipinski definition) is 2. The van der Waals surface area contributed by atoms with E-state index in [-0.39, 0.29) is 41.8 Å². The van der Waals surface area contributed by atoms with Crippen molar-refractivity contribution in [1.82, 2.24) is 20.5 Å². The van der Waals surface area contributed by atoms with Crippen LogP contribution in [0.2, 0.25) is 5.02 Å². The predicted octanol–water partition coefficient (Wildman–Crippen LogP) is 3.12. The molecule has 0 spiro atoms. The van der Waals surface area contributed by atoms with Crippen molar-refractivity contribution in [3.63, 3.8) is 0 Å². The molecule has 0 aliphatic carbocycles. The standard InChI is InChI=1S/C18H15ClF4N4O2/c19-11-8-10(4-5-12(11)20)16(13-2-1-3-14(25-13)18(21,22)23)26-17(29)27-7-6-24-15(28)9-27/h1-5,8,16H,6-7,9H2,(H,24,28)(H,26,29)/t16-/m0/s1. The summed E-state index contributed by atoms with van der Waals surface area (Å²) in [6.07, 6.45) is -4.68. The Labute approximate surface area is 167 Å². The molecule has 2 aromatic rings. The van der Waals surface area contributed by atoms with Gasteiger partial charge in [-0.3, -0.25) is 4.79 Å². The Bertz CT molecular complexity index is 938. The Balaban J connectivity index is 1.97. The second-order valence-electron chi connectivity index (χ2n) is 6.27. The van der Waals surface area contributed by atoms with Gasteiger partial charge >= 0.3 is 12.2 Å². The smallest absolute Gasteiger partial charge is 0.353 e. The van der Waals surface area contributed by atoms with Gasteiger partial charge in [-0.15, -0.1) is 0 Å². The van der Waals surface area contributed by atoms with Crippen LogP contribution in [0.4, 0.5) is 22.4 Å². The van der Waals surface area contributed by atoms with Crippen LogP contribution in [0.25, 0.3) is 0 Å². The Morgan fingerprint density at radius 2 is 2.03 bits per heavy atom. The lowest BCUT2D eigenvalue weighted by Gasteiger charge is -2.29. The Hall–Kier alpha value is -2.88. The number of carbonyl (C=O) groups excluding carboxylic acids is 2. The van der Waals surface area contributed by atoms with Gasteiger partial charge in [0.2, 0.25) is 5.91 Å². The zero-order chi connectivity index (χ0) is 21.2. The average molecular weight is 431 g/mol. The molecule has 1 fully saturated rings. The molecule has 1 saturated heterocycles. The summed E-state index contributed by atoms with van der Waals surface area (Å²) in [5.41, 5.74) is -1.02. The number of carbonyl (C=O) groups is 2. The van der Waals surface area contributed by atoms with Crippen LogP contribution in [0.15, 0.2) is 36.4 Å². The molecule has 0 radical (unpaired) electrons. The number of aromatic nitrogens is 1. The maximum Gasteiger partial charge on any atom is 0.433 e. The molecule has 1 aromatic heterocycles. The van der Waals surface area contributed by atoms with Crippen molar-refractivity contribution in [3.05, 3.63) is 64.2 Å². The van der Waals surface area contributed by atoms with Crippen LogP contribution >= 0.6 is 11.6 Å². The second kappa shape index (κ2) is 8.24. The molecule has 1 atom stereocenters. The van der Waals surface area contributed by atoms with Crippen molar-refractivity contribution < 1.29 is 27.2 Å². The number of amides is 3. The number of alkyl halides is 3. The molecular weight excluding hydrogens is 416 g/mol. The molecular formula is C18H15ClF4N4O2. The Morgan fingerprint density at radius 3 is 2.69 bits per heavy atom. The lowest BCUT2D eigenvalue weighted by atomic mass is 10.0. The normalized spacial score (nSPS) is 15.6. The highest BCUT2D eigenvalue weighted by molar-refractivity contribution is 6.30. The molecule has 1 aromatic carbocycles. The lowest BCUT2D eigenvalue weighted by molar-refractivity contribution is -0.141. The molecule has 11 heteroatoms. The molecule has 1 aliphatic rings. The molecule has 6 nitrogen and oxygen atoms in total. The number of nitrogens with one attached hydrogen (secondary N) is 2. The van der Waals surface area contributed by atoms with E-state index in [1.165, 1.54) is 23.1 Å². The number of hydrogen-bond acceptors (Lipinski definition) is 3. The van der Waals surface area contributed by atoms with Crippen LogP contribution in [0.1, 0.15) is 23.0 Å². The zero-order valence-electron chi connectivity index (χ0n) is 14.8. The summed E-state index contributed by atoms with van der Waals surface area (Å²) in [5, 5.41) is 4.87. The van der Waals surface area contributed by atoms with Crippen molar-refractivity contribution in [2.45, 2.75) is 12.2 Å². The lowest BCUT2D eigenvalue weighted by Crippen LogP contribution is -2.53. The summed E-state index contributed by atoms with van der Waals surface area (Å²) in [5.74, 6) is -1.07. The van der Waals surface area contributed by atoms with Gasteiger partial charge in [0.05, 0.1) is 16.8 Å². The van der Waals surface area contributed by atoms with Gasteiger partial charge in [0.1, 0.15) is 18.1 Å². The monoisotopic (exact) mass is 430 g/mol. The molecule has 1 aliphatic heterocycles. The van der Waals surface area contributed by atoms with Crippen molar-refractivity contribution in [2.75, 3.05) is 19.6 Å². The van der Waals surface area contributed by atoms with Crippen LogP contribution in [0.3, 0.4) is 0 Å². The van der Waals surface area contributed by atoms with Crippen LogP contribution in [0, 0.1) is 5.82 Å². The number of pyridine rings is 1. The molecule has 154 valence electrons. The highest BCUT2D eigenvalue weighted by Gasteiger charge is 2.34. The van der Waals surface area contributed by atoms with Gasteiger partial charge in [-0.25, -0.2) is 14.2 Å².